The fourth-order valence-corrected chi connectivity index (χ4v) is 3.42. The van der Waals surface area contributed by atoms with Crippen LogP contribution in [0, 0.1) is 0 Å². The van der Waals surface area contributed by atoms with E-state index in [1.165, 1.54) is 11.3 Å². The third kappa shape index (κ3) is 2.48. The highest BCUT2D eigenvalue weighted by Gasteiger charge is 2.17. The average molecular weight is 350 g/mol. The third-order valence-corrected chi connectivity index (χ3v) is 4.83. The van der Waals surface area contributed by atoms with Crippen molar-refractivity contribution in [2.75, 3.05) is 0 Å². The molecule has 0 aliphatic heterocycles. The fourth-order valence-electron chi connectivity index (χ4n) is 1.96. The molecule has 1 aromatic carbocycles. The maximum Gasteiger partial charge on any atom is 0.263 e. The van der Waals surface area contributed by atoms with E-state index >= 15 is 0 Å². The summed E-state index contributed by atoms with van der Waals surface area (Å²) in [4.78, 5) is 20.5. The molecule has 3 aromatic rings. The van der Waals surface area contributed by atoms with Crippen LogP contribution in [-0.4, -0.2) is 15.9 Å². The van der Waals surface area contributed by atoms with Gasteiger partial charge in [0, 0.05) is 4.47 Å². The predicted octanol–water partition coefficient (Wildman–Crippen LogP) is 3.88. The molecule has 0 saturated carbocycles. The molecule has 2 heterocycles. The highest BCUT2D eigenvalue weighted by molar-refractivity contribution is 9.10. The number of H-pyrrole nitrogens is 1. The number of para-hydroxylation sites is 2. The van der Waals surface area contributed by atoms with E-state index in [4.69, 9.17) is 0 Å². The van der Waals surface area contributed by atoms with E-state index in [-0.39, 0.29) is 11.9 Å². The number of rotatable bonds is 3. The molecule has 102 valence electrons. The number of hydrogen-bond acceptors (Lipinski definition) is 3. The normalized spacial score (nSPS) is 12.5. The summed E-state index contributed by atoms with van der Waals surface area (Å²) in [6.07, 6.45) is 0. The minimum absolute atomic E-state index is 0.0974. The number of amides is 1. The minimum Gasteiger partial charge on any atom is -0.342 e. The van der Waals surface area contributed by atoms with Crippen molar-refractivity contribution in [2.45, 2.75) is 13.0 Å². The molecule has 2 N–H and O–H groups in total. The van der Waals surface area contributed by atoms with Crippen LogP contribution in [0.25, 0.3) is 11.0 Å². The number of aromatic amines is 1. The first-order chi connectivity index (χ1) is 9.65. The Bertz CT molecular complexity index is 731. The van der Waals surface area contributed by atoms with Crippen molar-refractivity contribution in [1.29, 1.82) is 0 Å². The Hall–Kier alpha value is -1.66. The van der Waals surface area contributed by atoms with Gasteiger partial charge in [0.1, 0.15) is 10.7 Å². The molecule has 0 aliphatic carbocycles. The molecule has 0 radical (unpaired) electrons. The molecule has 1 amide bonds. The van der Waals surface area contributed by atoms with Gasteiger partial charge in [0.05, 0.1) is 17.1 Å². The Balaban J connectivity index is 1.80. The number of benzene rings is 1. The van der Waals surface area contributed by atoms with Gasteiger partial charge in [-0.2, -0.15) is 0 Å². The largest absolute Gasteiger partial charge is 0.342 e. The molecule has 0 fully saturated rings. The monoisotopic (exact) mass is 349 g/mol. The summed E-state index contributed by atoms with van der Waals surface area (Å²) < 4.78 is 0.816. The van der Waals surface area contributed by atoms with Crippen LogP contribution in [0.2, 0.25) is 0 Å². The lowest BCUT2D eigenvalue weighted by molar-refractivity contribution is 0.0942. The standard InChI is InChI=1S/C14H12BrN3OS/c1-8(16-14(19)12-9(15)6-7-20-12)13-17-10-4-2-3-5-11(10)18-13/h2-8H,1H3,(H,16,19)(H,17,18). The fraction of sp³-hybridized carbons (Fsp3) is 0.143. The summed E-state index contributed by atoms with van der Waals surface area (Å²) >= 11 is 4.78. The van der Waals surface area contributed by atoms with Gasteiger partial charge in [-0.15, -0.1) is 11.3 Å². The number of fused-ring (bicyclic) bond motifs is 1. The first-order valence-electron chi connectivity index (χ1n) is 6.13. The summed E-state index contributed by atoms with van der Waals surface area (Å²) in [6.45, 7) is 1.91. The molecule has 0 spiro atoms. The summed E-state index contributed by atoms with van der Waals surface area (Å²) in [7, 11) is 0. The number of nitrogens with one attached hydrogen (secondary N) is 2. The smallest absolute Gasteiger partial charge is 0.263 e. The van der Waals surface area contributed by atoms with Crippen LogP contribution < -0.4 is 5.32 Å². The molecular formula is C14H12BrN3OS. The van der Waals surface area contributed by atoms with Crippen molar-refractivity contribution in [3.8, 4) is 0 Å². The quantitative estimate of drug-likeness (QED) is 0.753. The topological polar surface area (TPSA) is 57.8 Å². The van der Waals surface area contributed by atoms with Crippen LogP contribution >= 0.6 is 27.3 Å². The Morgan fingerprint density at radius 1 is 1.40 bits per heavy atom. The van der Waals surface area contributed by atoms with Gasteiger partial charge in [-0.25, -0.2) is 4.98 Å². The van der Waals surface area contributed by atoms with Gasteiger partial charge in [0.25, 0.3) is 5.91 Å². The van der Waals surface area contributed by atoms with Gasteiger partial charge < -0.3 is 10.3 Å². The predicted molar refractivity (Wildman–Crippen MR) is 84.0 cm³/mol. The molecule has 4 nitrogen and oxygen atoms in total. The first-order valence-corrected chi connectivity index (χ1v) is 7.81. The number of carbonyl (C=O) groups is 1. The molecule has 0 aliphatic rings. The molecular weight excluding hydrogens is 338 g/mol. The van der Waals surface area contributed by atoms with Crippen LogP contribution in [-0.2, 0) is 0 Å². The Kier molecular flexibility index (Phi) is 3.58. The van der Waals surface area contributed by atoms with Gasteiger partial charge in [-0.3, -0.25) is 4.79 Å². The van der Waals surface area contributed by atoms with Crippen LogP contribution in [0.1, 0.15) is 28.5 Å². The lowest BCUT2D eigenvalue weighted by Gasteiger charge is -2.10. The van der Waals surface area contributed by atoms with Gasteiger partial charge in [0.2, 0.25) is 0 Å². The number of thiophene rings is 1. The van der Waals surface area contributed by atoms with Crippen LogP contribution in [0.5, 0.6) is 0 Å². The average Bonchev–Trinajstić information content (AvgIpc) is 3.04. The van der Waals surface area contributed by atoms with Crippen molar-refractivity contribution in [2.24, 2.45) is 0 Å². The minimum atomic E-state index is -0.177. The SMILES string of the molecule is CC(NC(=O)c1sccc1Br)c1nc2ccccc2[nH]1. The number of nitrogens with zero attached hydrogens (tertiary/aromatic N) is 1. The van der Waals surface area contributed by atoms with E-state index < -0.39 is 0 Å². The zero-order valence-corrected chi connectivity index (χ0v) is 13.1. The lowest BCUT2D eigenvalue weighted by atomic mass is 10.3. The second kappa shape index (κ2) is 5.38. The summed E-state index contributed by atoms with van der Waals surface area (Å²) in [6, 6.07) is 9.50. The van der Waals surface area contributed by atoms with E-state index in [1.54, 1.807) is 0 Å². The van der Waals surface area contributed by atoms with Gasteiger partial charge in [0.15, 0.2) is 0 Å². The van der Waals surface area contributed by atoms with E-state index in [1.807, 2.05) is 42.6 Å². The molecule has 2 aromatic heterocycles. The van der Waals surface area contributed by atoms with E-state index in [0.29, 0.717) is 4.88 Å². The van der Waals surface area contributed by atoms with Crippen molar-refractivity contribution in [3.05, 3.63) is 50.9 Å². The summed E-state index contributed by atoms with van der Waals surface area (Å²) in [5, 5.41) is 4.83. The summed E-state index contributed by atoms with van der Waals surface area (Å²) in [5.74, 6) is 0.659. The summed E-state index contributed by atoms with van der Waals surface area (Å²) in [5.41, 5.74) is 1.88. The second-order valence-corrected chi connectivity index (χ2v) is 6.20. The molecule has 0 saturated heterocycles. The zero-order valence-electron chi connectivity index (χ0n) is 10.7. The Morgan fingerprint density at radius 2 is 2.20 bits per heavy atom. The van der Waals surface area contributed by atoms with Crippen molar-refractivity contribution in [1.82, 2.24) is 15.3 Å². The van der Waals surface area contributed by atoms with Crippen molar-refractivity contribution in [3.63, 3.8) is 0 Å². The van der Waals surface area contributed by atoms with E-state index in [9.17, 15) is 4.79 Å². The number of hydrogen-bond donors (Lipinski definition) is 2. The highest BCUT2D eigenvalue weighted by atomic mass is 79.9. The molecule has 20 heavy (non-hydrogen) atoms. The highest BCUT2D eigenvalue weighted by Crippen LogP contribution is 2.23. The van der Waals surface area contributed by atoms with Crippen molar-refractivity contribution >= 4 is 44.2 Å². The number of halogens is 1. The van der Waals surface area contributed by atoms with E-state index in [0.717, 1.165) is 21.3 Å². The molecule has 1 unspecified atom stereocenters. The number of aromatic nitrogens is 2. The van der Waals surface area contributed by atoms with E-state index in [2.05, 4.69) is 31.2 Å². The Labute approximate surface area is 128 Å². The van der Waals surface area contributed by atoms with Gasteiger partial charge in [-0.05, 0) is 46.4 Å². The number of imidazole rings is 1. The molecule has 3 rings (SSSR count). The van der Waals surface area contributed by atoms with Crippen LogP contribution in [0.3, 0.4) is 0 Å². The van der Waals surface area contributed by atoms with Gasteiger partial charge >= 0.3 is 0 Å². The van der Waals surface area contributed by atoms with Crippen LogP contribution in [0.15, 0.2) is 40.2 Å². The Morgan fingerprint density at radius 3 is 2.90 bits per heavy atom. The third-order valence-electron chi connectivity index (χ3n) is 2.99. The maximum absolute atomic E-state index is 12.2. The molecule has 1 atom stereocenters. The molecule has 0 bridgehead atoms. The maximum atomic E-state index is 12.2. The lowest BCUT2D eigenvalue weighted by Crippen LogP contribution is -2.26. The number of carbonyl (C=O) groups excluding carboxylic acids is 1. The molecule has 6 heteroatoms. The van der Waals surface area contributed by atoms with Crippen LogP contribution in [0.4, 0.5) is 0 Å². The first kappa shape index (κ1) is 13.3. The zero-order chi connectivity index (χ0) is 14.1. The van der Waals surface area contributed by atoms with Crippen molar-refractivity contribution < 1.29 is 4.79 Å². The second-order valence-electron chi connectivity index (χ2n) is 4.43. The van der Waals surface area contributed by atoms with Gasteiger partial charge in [-0.1, -0.05) is 12.1 Å².